The number of carbonyl (C=O) groups is 1. The van der Waals surface area contributed by atoms with Gasteiger partial charge in [-0.15, -0.1) is 0 Å². The molecule has 0 saturated heterocycles. The van der Waals surface area contributed by atoms with Crippen LogP contribution in [0, 0.1) is 6.92 Å². The van der Waals surface area contributed by atoms with E-state index in [0.29, 0.717) is 0 Å². The van der Waals surface area contributed by atoms with Crippen LogP contribution in [0.15, 0.2) is 78.9 Å². The van der Waals surface area contributed by atoms with E-state index in [0.717, 1.165) is 39.1 Å². The van der Waals surface area contributed by atoms with Crippen LogP contribution in [-0.4, -0.2) is 11.0 Å². The van der Waals surface area contributed by atoms with Crippen molar-refractivity contribution in [2.75, 3.05) is 10.6 Å². The lowest BCUT2D eigenvalue weighted by Gasteiger charge is -2.11. The molecule has 0 aliphatic carbocycles. The molecule has 0 aliphatic rings. The second-order valence-corrected chi connectivity index (χ2v) is 6.26. The first-order valence-corrected chi connectivity index (χ1v) is 8.51. The third kappa shape index (κ3) is 3.30. The lowest BCUT2D eigenvalue weighted by Crippen LogP contribution is -2.19. The van der Waals surface area contributed by atoms with Crippen molar-refractivity contribution < 1.29 is 4.79 Å². The number of amides is 2. The number of aryl methyl sites for hydroxylation is 1. The normalized spacial score (nSPS) is 10.7. The Morgan fingerprint density at radius 1 is 0.846 bits per heavy atom. The minimum atomic E-state index is -0.265. The van der Waals surface area contributed by atoms with Gasteiger partial charge in [0, 0.05) is 27.8 Å². The predicted octanol–water partition coefficient (Wildman–Crippen LogP) is 5.79. The average Bonchev–Trinajstić information content (AvgIpc) is 3.06. The van der Waals surface area contributed by atoms with Gasteiger partial charge in [0.05, 0.1) is 5.69 Å². The van der Waals surface area contributed by atoms with Gasteiger partial charge in [-0.2, -0.15) is 0 Å². The van der Waals surface area contributed by atoms with Crippen molar-refractivity contribution in [3.8, 4) is 11.3 Å². The van der Waals surface area contributed by atoms with Gasteiger partial charge < -0.3 is 15.6 Å². The number of hydrogen-bond acceptors (Lipinski definition) is 1. The number of urea groups is 1. The highest BCUT2D eigenvalue weighted by Gasteiger charge is 2.10. The standard InChI is InChI=1S/C22H19N3O/c1-15-7-6-9-17(13-15)23-22(26)25-20-12-5-3-10-18(20)21-14-16-8-2-4-11-19(16)24-21/h2-14,24H,1H3,(H2,23,25,26). The number of H-pyrrole nitrogens is 1. The SMILES string of the molecule is Cc1cccc(NC(=O)Nc2ccccc2-c2cc3ccccc3[nH]2)c1. The van der Waals surface area contributed by atoms with Crippen molar-refractivity contribution in [2.45, 2.75) is 6.92 Å². The molecule has 4 aromatic rings. The van der Waals surface area contributed by atoms with Crippen LogP contribution >= 0.6 is 0 Å². The van der Waals surface area contributed by atoms with Crippen LogP contribution in [0.1, 0.15) is 5.56 Å². The zero-order chi connectivity index (χ0) is 17.9. The molecule has 0 radical (unpaired) electrons. The molecule has 1 aromatic heterocycles. The van der Waals surface area contributed by atoms with E-state index >= 15 is 0 Å². The van der Waals surface area contributed by atoms with E-state index in [-0.39, 0.29) is 6.03 Å². The number of fused-ring (bicyclic) bond motifs is 1. The summed E-state index contributed by atoms with van der Waals surface area (Å²) >= 11 is 0. The largest absolute Gasteiger partial charge is 0.354 e. The number of carbonyl (C=O) groups excluding carboxylic acids is 1. The molecule has 0 bridgehead atoms. The van der Waals surface area contributed by atoms with Crippen molar-refractivity contribution >= 4 is 28.3 Å². The minimum absolute atomic E-state index is 0.265. The monoisotopic (exact) mass is 341 g/mol. The number of para-hydroxylation sites is 2. The number of aromatic nitrogens is 1. The number of aromatic amines is 1. The summed E-state index contributed by atoms with van der Waals surface area (Å²) in [4.78, 5) is 15.8. The van der Waals surface area contributed by atoms with Crippen LogP contribution in [0.4, 0.5) is 16.2 Å². The molecule has 0 atom stereocenters. The van der Waals surface area contributed by atoms with Gasteiger partial charge in [-0.1, -0.05) is 48.5 Å². The lowest BCUT2D eigenvalue weighted by atomic mass is 10.1. The summed E-state index contributed by atoms with van der Waals surface area (Å²) in [5.74, 6) is 0. The summed E-state index contributed by atoms with van der Waals surface area (Å²) in [6.07, 6.45) is 0. The van der Waals surface area contributed by atoms with E-state index in [9.17, 15) is 4.79 Å². The average molecular weight is 341 g/mol. The zero-order valence-electron chi connectivity index (χ0n) is 14.4. The van der Waals surface area contributed by atoms with E-state index in [1.807, 2.05) is 73.7 Å². The Labute approximate surface area is 151 Å². The maximum Gasteiger partial charge on any atom is 0.323 e. The summed E-state index contributed by atoms with van der Waals surface area (Å²) in [5, 5.41) is 6.97. The Balaban J connectivity index is 1.60. The quantitative estimate of drug-likeness (QED) is 0.434. The molecule has 0 unspecified atom stereocenters. The molecule has 0 saturated carbocycles. The van der Waals surface area contributed by atoms with Gasteiger partial charge in [0.2, 0.25) is 0 Å². The van der Waals surface area contributed by atoms with Crippen LogP contribution in [0.3, 0.4) is 0 Å². The van der Waals surface area contributed by atoms with Crippen molar-refractivity contribution in [3.63, 3.8) is 0 Å². The number of rotatable bonds is 3. The van der Waals surface area contributed by atoms with Crippen molar-refractivity contribution in [3.05, 3.63) is 84.4 Å². The van der Waals surface area contributed by atoms with E-state index in [2.05, 4.69) is 27.8 Å². The van der Waals surface area contributed by atoms with E-state index in [4.69, 9.17) is 0 Å². The van der Waals surface area contributed by atoms with E-state index in [1.165, 1.54) is 0 Å². The molecule has 4 heteroatoms. The summed E-state index contributed by atoms with van der Waals surface area (Å²) in [6.45, 7) is 1.99. The number of benzene rings is 3. The molecular formula is C22H19N3O. The van der Waals surface area contributed by atoms with Crippen molar-refractivity contribution in [2.24, 2.45) is 0 Å². The number of anilines is 2. The highest BCUT2D eigenvalue weighted by Crippen LogP contribution is 2.30. The van der Waals surface area contributed by atoms with Gasteiger partial charge in [-0.25, -0.2) is 4.79 Å². The van der Waals surface area contributed by atoms with Gasteiger partial charge in [0.25, 0.3) is 0 Å². The Bertz CT molecular complexity index is 1050. The van der Waals surface area contributed by atoms with Crippen LogP contribution in [-0.2, 0) is 0 Å². The molecule has 3 aromatic carbocycles. The first-order chi connectivity index (χ1) is 12.7. The first-order valence-electron chi connectivity index (χ1n) is 8.51. The van der Waals surface area contributed by atoms with Gasteiger partial charge in [0.15, 0.2) is 0 Å². The topological polar surface area (TPSA) is 56.9 Å². The fraction of sp³-hybridized carbons (Fsp3) is 0.0455. The van der Waals surface area contributed by atoms with Crippen molar-refractivity contribution in [1.29, 1.82) is 0 Å². The molecule has 26 heavy (non-hydrogen) atoms. The molecule has 2 amide bonds. The summed E-state index contributed by atoms with van der Waals surface area (Å²) < 4.78 is 0. The summed E-state index contributed by atoms with van der Waals surface area (Å²) in [5.41, 5.74) is 5.61. The van der Waals surface area contributed by atoms with Gasteiger partial charge >= 0.3 is 6.03 Å². The Hall–Kier alpha value is -3.53. The third-order valence-corrected chi connectivity index (χ3v) is 4.27. The molecule has 0 fully saturated rings. The maximum atomic E-state index is 12.4. The van der Waals surface area contributed by atoms with Crippen LogP contribution in [0.5, 0.6) is 0 Å². The van der Waals surface area contributed by atoms with Crippen LogP contribution in [0.25, 0.3) is 22.2 Å². The Morgan fingerprint density at radius 2 is 1.65 bits per heavy atom. The smallest absolute Gasteiger partial charge is 0.323 e. The molecular weight excluding hydrogens is 322 g/mol. The molecule has 0 aliphatic heterocycles. The minimum Gasteiger partial charge on any atom is -0.354 e. The molecule has 4 nitrogen and oxygen atoms in total. The fourth-order valence-electron chi connectivity index (χ4n) is 3.05. The van der Waals surface area contributed by atoms with Crippen molar-refractivity contribution in [1.82, 2.24) is 4.98 Å². The fourth-order valence-corrected chi connectivity index (χ4v) is 3.05. The van der Waals surface area contributed by atoms with E-state index in [1.54, 1.807) is 0 Å². The Morgan fingerprint density at radius 3 is 2.50 bits per heavy atom. The highest BCUT2D eigenvalue weighted by atomic mass is 16.2. The molecule has 3 N–H and O–H groups in total. The highest BCUT2D eigenvalue weighted by molar-refractivity contribution is 6.02. The molecule has 1 heterocycles. The molecule has 0 spiro atoms. The van der Waals surface area contributed by atoms with Gasteiger partial charge in [0.1, 0.15) is 0 Å². The molecule has 4 rings (SSSR count). The zero-order valence-corrected chi connectivity index (χ0v) is 14.4. The summed E-state index contributed by atoms with van der Waals surface area (Å²) in [6, 6.07) is 25.4. The first kappa shape index (κ1) is 16.0. The van der Waals surface area contributed by atoms with Gasteiger partial charge in [-0.05, 0) is 42.8 Å². The summed E-state index contributed by atoms with van der Waals surface area (Å²) in [7, 11) is 0. The predicted molar refractivity (Wildman–Crippen MR) is 108 cm³/mol. The van der Waals surface area contributed by atoms with Crippen LogP contribution < -0.4 is 10.6 Å². The number of nitrogens with one attached hydrogen (secondary N) is 3. The molecule has 128 valence electrons. The van der Waals surface area contributed by atoms with E-state index < -0.39 is 0 Å². The second kappa shape index (κ2) is 6.76. The lowest BCUT2D eigenvalue weighted by molar-refractivity contribution is 0.262. The van der Waals surface area contributed by atoms with Gasteiger partial charge in [-0.3, -0.25) is 0 Å². The van der Waals surface area contributed by atoms with Crippen LogP contribution in [0.2, 0.25) is 0 Å². The Kier molecular flexibility index (Phi) is 4.15. The third-order valence-electron chi connectivity index (χ3n) is 4.27. The maximum absolute atomic E-state index is 12.4. The second-order valence-electron chi connectivity index (χ2n) is 6.26. The number of hydrogen-bond donors (Lipinski definition) is 3.